The number of nitrogens with one attached hydrogen (secondary N) is 1. The second-order valence-corrected chi connectivity index (χ2v) is 5.82. The quantitative estimate of drug-likeness (QED) is 0.903. The number of halogens is 2. The number of hydrogen-bond acceptors (Lipinski definition) is 2. The van der Waals surface area contributed by atoms with Crippen LogP contribution in [0.5, 0.6) is 0 Å². The molecule has 1 heterocycles. The van der Waals surface area contributed by atoms with Crippen LogP contribution in [-0.4, -0.2) is 29.5 Å². The third kappa shape index (κ3) is 4.28. The summed E-state index contributed by atoms with van der Waals surface area (Å²) in [7, 11) is 1.70. The number of benzene rings is 1. The van der Waals surface area contributed by atoms with Gasteiger partial charge in [-0.05, 0) is 36.2 Å². The smallest absolute Gasteiger partial charge is 0.317 e. The van der Waals surface area contributed by atoms with Crippen LogP contribution in [0.2, 0.25) is 0 Å². The van der Waals surface area contributed by atoms with Crippen molar-refractivity contribution in [2.45, 2.75) is 25.8 Å². The SMILES string of the molecule is CC(CNC(=O)N(C)C(C)c1ccncc1)c1ccc(F)cc1F. The molecule has 0 aliphatic rings. The second-order valence-electron chi connectivity index (χ2n) is 5.82. The summed E-state index contributed by atoms with van der Waals surface area (Å²) in [6, 6.07) is 6.81. The Bertz CT molecular complexity index is 694. The Kier molecular flexibility index (Phi) is 5.84. The number of amides is 2. The zero-order valence-corrected chi connectivity index (χ0v) is 14.0. The molecule has 24 heavy (non-hydrogen) atoms. The van der Waals surface area contributed by atoms with Gasteiger partial charge in [-0.15, -0.1) is 0 Å². The molecule has 2 amide bonds. The van der Waals surface area contributed by atoms with Gasteiger partial charge >= 0.3 is 6.03 Å². The highest BCUT2D eigenvalue weighted by molar-refractivity contribution is 5.74. The van der Waals surface area contributed by atoms with Crippen molar-refractivity contribution in [1.29, 1.82) is 0 Å². The van der Waals surface area contributed by atoms with Gasteiger partial charge in [0.05, 0.1) is 6.04 Å². The van der Waals surface area contributed by atoms with Crippen LogP contribution < -0.4 is 5.32 Å². The van der Waals surface area contributed by atoms with Gasteiger partial charge in [-0.3, -0.25) is 4.98 Å². The molecule has 2 rings (SSSR count). The molecule has 6 heteroatoms. The maximum Gasteiger partial charge on any atom is 0.317 e. The fourth-order valence-corrected chi connectivity index (χ4v) is 2.42. The molecule has 0 aliphatic heterocycles. The molecular weight excluding hydrogens is 312 g/mol. The molecule has 0 radical (unpaired) electrons. The Labute approximate surface area is 140 Å². The van der Waals surface area contributed by atoms with E-state index < -0.39 is 11.6 Å². The minimum Gasteiger partial charge on any atom is -0.337 e. The Morgan fingerprint density at radius 1 is 1.21 bits per heavy atom. The summed E-state index contributed by atoms with van der Waals surface area (Å²) in [6.07, 6.45) is 3.36. The third-order valence-corrected chi connectivity index (χ3v) is 4.14. The molecule has 2 atom stereocenters. The van der Waals surface area contributed by atoms with Crippen LogP contribution in [0.25, 0.3) is 0 Å². The van der Waals surface area contributed by atoms with E-state index in [0.717, 1.165) is 11.6 Å². The van der Waals surface area contributed by atoms with E-state index in [1.54, 1.807) is 31.3 Å². The van der Waals surface area contributed by atoms with Crippen molar-refractivity contribution in [2.75, 3.05) is 13.6 Å². The molecule has 0 aliphatic carbocycles. The number of hydrogen-bond donors (Lipinski definition) is 1. The second kappa shape index (κ2) is 7.86. The molecule has 128 valence electrons. The highest BCUT2D eigenvalue weighted by atomic mass is 19.1. The summed E-state index contributed by atoms with van der Waals surface area (Å²) in [5.41, 5.74) is 1.35. The topological polar surface area (TPSA) is 45.2 Å². The molecule has 0 bridgehead atoms. The lowest BCUT2D eigenvalue weighted by Gasteiger charge is -2.26. The van der Waals surface area contributed by atoms with Crippen LogP contribution in [0.15, 0.2) is 42.7 Å². The number of pyridine rings is 1. The molecular formula is C18H21F2N3O. The molecule has 0 saturated heterocycles. The zero-order valence-electron chi connectivity index (χ0n) is 14.0. The average Bonchev–Trinajstić information content (AvgIpc) is 2.58. The number of aromatic nitrogens is 1. The van der Waals surface area contributed by atoms with Crippen molar-refractivity contribution >= 4 is 6.03 Å². The molecule has 1 aromatic carbocycles. The Morgan fingerprint density at radius 3 is 2.50 bits per heavy atom. The monoisotopic (exact) mass is 333 g/mol. The van der Waals surface area contributed by atoms with Crippen LogP contribution in [-0.2, 0) is 0 Å². The van der Waals surface area contributed by atoms with Gasteiger partial charge in [0, 0.05) is 38.0 Å². The molecule has 0 spiro atoms. The van der Waals surface area contributed by atoms with Gasteiger partial charge in [-0.25, -0.2) is 13.6 Å². The predicted molar refractivity (Wildman–Crippen MR) is 88.6 cm³/mol. The maximum absolute atomic E-state index is 13.8. The summed E-state index contributed by atoms with van der Waals surface area (Å²) in [4.78, 5) is 17.8. The first-order valence-corrected chi connectivity index (χ1v) is 7.75. The average molecular weight is 333 g/mol. The summed E-state index contributed by atoms with van der Waals surface area (Å²) >= 11 is 0. The number of rotatable bonds is 5. The maximum atomic E-state index is 13.8. The van der Waals surface area contributed by atoms with Gasteiger partial charge < -0.3 is 10.2 Å². The van der Waals surface area contributed by atoms with Crippen molar-refractivity contribution in [2.24, 2.45) is 0 Å². The molecule has 0 saturated carbocycles. The Hall–Kier alpha value is -2.50. The Morgan fingerprint density at radius 2 is 1.88 bits per heavy atom. The summed E-state index contributed by atoms with van der Waals surface area (Å²) < 4.78 is 26.7. The van der Waals surface area contributed by atoms with Crippen molar-refractivity contribution in [1.82, 2.24) is 15.2 Å². The standard InChI is InChI=1S/C18H21F2N3O/c1-12(16-5-4-15(19)10-17(16)20)11-22-18(24)23(3)13(2)14-6-8-21-9-7-14/h4-10,12-13H,11H2,1-3H3,(H,22,24). The number of urea groups is 1. The minimum atomic E-state index is -0.613. The van der Waals surface area contributed by atoms with Crippen LogP contribution in [0.3, 0.4) is 0 Å². The highest BCUT2D eigenvalue weighted by Crippen LogP contribution is 2.20. The lowest BCUT2D eigenvalue weighted by molar-refractivity contribution is 0.194. The van der Waals surface area contributed by atoms with Crippen LogP contribution in [0.1, 0.15) is 36.9 Å². The van der Waals surface area contributed by atoms with Crippen molar-refractivity contribution < 1.29 is 13.6 Å². The van der Waals surface area contributed by atoms with Crippen LogP contribution in [0, 0.1) is 11.6 Å². The van der Waals surface area contributed by atoms with Crippen LogP contribution >= 0.6 is 0 Å². The van der Waals surface area contributed by atoms with E-state index in [1.807, 2.05) is 19.1 Å². The first-order valence-electron chi connectivity index (χ1n) is 7.75. The van der Waals surface area contributed by atoms with Gasteiger partial charge in [0.15, 0.2) is 0 Å². The number of nitrogens with zero attached hydrogens (tertiary/aromatic N) is 2. The van der Waals surface area contributed by atoms with E-state index in [2.05, 4.69) is 10.3 Å². The number of carbonyl (C=O) groups is 1. The fraction of sp³-hybridized carbons (Fsp3) is 0.333. The van der Waals surface area contributed by atoms with Crippen molar-refractivity contribution in [3.63, 3.8) is 0 Å². The number of carbonyl (C=O) groups excluding carboxylic acids is 1. The van der Waals surface area contributed by atoms with E-state index in [1.165, 1.54) is 12.1 Å². The molecule has 4 nitrogen and oxygen atoms in total. The van der Waals surface area contributed by atoms with E-state index in [-0.39, 0.29) is 24.5 Å². The van der Waals surface area contributed by atoms with Gasteiger partial charge in [-0.2, -0.15) is 0 Å². The lowest BCUT2D eigenvalue weighted by Crippen LogP contribution is -2.40. The van der Waals surface area contributed by atoms with Gasteiger partial charge in [0.2, 0.25) is 0 Å². The fourth-order valence-electron chi connectivity index (χ4n) is 2.42. The largest absolute Gasteiger partial charge is 0.337 e. The summed E-state index contributed by atoms with van der Waals surface area (Å²) in [5, 5.41) is 2.78. The third-order valence-electron chi connectivity index (χ3n) is 4.14. The molecule has 1 aromatic heterocycles. The minimum absolute atomic E-state index is 0.120. The first-order chi connectivity index (χ1) is 11.4. The van der Waals surface area contributed by atoms with Crippen molar-refractivity contribution in [3.05, 3.63) is 65.5 Å². The molecule has 0 fully saturated rings. The summed E-state index contributed by atoms with van der Waals surface area (Å²) in [5.74, 6) is -1.48. The van der Waals surface area contributed by atoms with E-state index in [0.29, 0.717) is 5.56 Å². The van der Waals surface area contributed by atoms with Gasteiger partial charge in [0.1, 0.15) is 11.6 Å². The summed E-state index contributed by atoms with van der Waals surface area (Å²) in [6.45, 7) is 3.95. The molecule has 2 aromatic rings. The normalized spacial score (nSPS) is 13.2. The molecule has 1 N–H and O–H groups in total. The van der Waals surface area contributed by atoms with Gasteiger partial charge in [-0.1, -0.05) is 13.0 Å². The van der Waals surface area contributed by atoms with Crippen LogP contribution in [0.4, 0.5) is 13.6 Å². The highest BCUT2D eigenvalue weighted by Gasteiger charge is 2.19. The van der Waals surface area contributed by atoms with Gasteiger partial charge in [0.25, 0.3) is 0 Å². The first kappa shape index (κ1) is 17.8. The zero-order chi connectivity index (χ0) is 17.7. The van der Waals surface area contributed by atoms with E-state index in [9.17, 15) is 13.6 Å². The van der Waals surface area contributed by atoms with E-state index >= 15 is 0 Å². The predicted octanol–water partition coefficient (Wildman–Crippen LogP) is 3.87. The van der Waals surface area contributed by atoms with Crippen molar-refractivity contribution in [3.8, 4) is 0 Å². The van der Waals surface area contributed by atoms with E-state index in [4.69, 9.17) is 0 Å². The Balaban J connectivity index is 1.94. The molecule has 2 unspecified atom stereocenters. The lowest BCUT2D eigenvalue weighted by atomic mass is 10.0.